The minimum absolute atomic E-state index is 0. The van der Waals surface area contributed by atoms with Crippen LogP contribution >= 0.6 is 24.8 Å². The number of nitrogens with two attached hydrogens (primary N) is 1. The van der Waals surface area contributed by atoms with Crippen LogP contribution in [0.1, 0.15) is 28.3 Å². The molecule has 3 N–H and O–H groups in total. The van der Waals surface area contributed by atoms with Crippen molar-refractivity contribution in [3.05, 3.63) is 52.6 Å². The van der Waals surface area contributed by atoms with Crippen molar-refractivity contribution in [3.8, 4) is 6.07 Å². The molecule has 2 rings (SSSR count). The molecule has 108 valence electrons. The van der Waals surface area contributed by atoms with Gasteiger partial charge in [-0.1, -0.05) is 12.1 Å². The molecule has 0 aliphatic heterocycles. The molecule has 0 radical (unpaired) electrons. The zero-order chi connectivity index (χ0) is 13.0. The van der Waals surface area contributed by atoms with Crippen LogP contribution in [0.15, 0.2) is 24.3 Å². The molecule has 0 amide bonds. The van der Waals surface area contributed by atoms with E-state index in [-0.39, 0.29) is 24.8 Å². The maximum atomic E-state index is 8.76. The van der Waals surface area contributed by atoms with E-state index in [0.29, 0.717) is 12.1 Å². The van der Waals surface area contributed by atoms with Crippen LogP contribution in [0.5, 0.6) is 0 Å². The number of aromatic nitrogens is 2. The molecule has 0 aliphatic rings. The fraction of sp³-hybridized carbons (Fsp3) is 0.286. The Hall–Kier alpha value is -1.54. The maximum Gasteiger partial charge on any atom is 0.103 e. The number of nitrogens with zero attached hydrogens (tertiary/aromatic N) is 2. The quantitative estimate of drug-likeness (QED) is 0.910. The summed E-state index contributed by atoms with van der Waals surface area (Å²) in [7, 11) is 0. The van der Waals surface area contributed by atoms with E-state index in [1.54, 1.807) is 0 Å². The highest BCUT2D eigenvalue weighted by Gasteiger charge is 2.08. The Kier molecular flexibility index (Phi) is 7.93. The highest BCUT2D eigenvalue weighted by molar-refractivity contribution is 5.85. The zero-order valence-corrected chi connectivity index (χ0v) is 12.9. The molecule has 6 heteroatoms. The third-order valence-electron chi connectivity index (χ3n) is 2.83. The zero-order valence-electron chi connectivity index (χ0n) is 11.2. The van der Waals surface area contributed by atoms with Gasteiger partial charge in [0.2, 0.25) is 0 Å². The summed E-state index contributed by atoms with van der Waals surface area (Å²) >= 11 is 0. The number of aromatic amines is 1. The van der Waals surface area contributed by atoms with E-state index in [1.807, 2.05) is 31.2 Å². The Morgan fingerprint density at radius 2 is 1.90 bits per heavy atom. The number of halogens is 2. The topological polar surface area (TPSA) is 78.5 Å². The third-order valence-corrected chi connectivity index (χ3v) is 2.83. The van der Waals surface area contributed by atoms with E-state index in [0.717, 1.165) is 35.6 Å². The maximum absolute atomic E-state index is 8.76. The number of imidazole rings is 1. The molecule has 0 aliphatic carbocycles. The predicted octanol–water partition coefficient (Wildman–Crippen LogP) is 2.53. The van der Waals surface area contributed by atoms with Gasteiger partial charge in [-0.25, -0.2) is 4.98 Å². The minimum Gasteiger partial charge on any atom is -0.346 e. The van der Waals surface area contributed by atoms with E-state index in [4.69, 9.17) is 11.0 Å². The van der Waals surface area contributed by atoms with Gasteiger partial charge in [0.15, 0.2) is 0 Å². The second-order valence-corrected chi connectivity index (χ2v) is 4.27. The van der Waals surface area contributed by atoms with Crippen molar-refractivity contribution < 1.29 is 0 Å². The lowest BCUT2D eigenvalue weighted by molar-refractivity contribution is 0.908. The Bertz CT molecular complexity index is 570. The van der Waals surface area contributed by atoms with Crippen molar-refractivity contribution in [2.75, 3.05) is 6.54 Å². The molecule has 1 aromatic heterocycles. The largest absolute Gasteiger partial charge is 0.346 e. The van der Waals surface area contributed by atoms with Crippen molar-refractivity contribution in [3.63, 3.8) is 0 Å². The first-order valence-electron chi connectivity index (χ1n) is 5.96. The van der Waals surface area contributed by atoms with Gasteiger partial charge in [-0.3, -0.25) is 0 Å². The third kappa shape index (κ3) is 4.53. The summed E-state index contributed by atoms with van der Waals surface area (Å²) in [6.07, 6.45) is 1.58. The van der Waals surface area contributed by atoms with Crippen LogP contribution in [-0.4, -0.2) is 16.5 Å². The summed E-state index contributed by atoms with van der Waals surface area (Å²) in [4.78, 5) is 7.72. The second kappa shape index (κ2) is 8.60. The Labute approximate surface area is 131 Å². The van der Waals surface area contributed by atoms with Crippen molar-refractivity contribution in [1.29, 1.82) is 5.26 Å². The normalized spacial score (nSPS) is 9.25. The Morgan fingerprint density at radius 1 is 1.25 bits per heavy atom. The van der Waals surface area contributed by atoms with Gasteiger partial charge in [-0.2, -0.15) is 5.26 Å². The van der Waals surface area contributed by atoms with Gasteiger partial charge in [0, 0.05) is 18.5 Å². The molecule has 2 aromatic rings. The standard InChI is InChI=1S/C14H16N4.2ClH/c1-10-17-13(6-7-15)14(18-10)8-11-2-4-12(9-16)5-3-11;;/h2-5H,6-8,15H2,1H3,(H,17,18);2*1H. The molecule has 20 heavy (non-hydrogen) atoms. The smallest absolute Gasteiger partial charge is 0.103 e. The fourth-order valence-corrected chi connectivity index (χ4v) is 1.98. The summed E-state index contributed by atoms with van der Waals surface area (Å²) in [5.41, 5.74) is 9.58. The number of hydrogen-bond donors (Lipinski definition) is 2. The van der Waals surface area contributed by atoms with Crippen molar-refractivity contribution in [1.82, 2.24) is 9.97 Å². The molecule has 1 aromatic carbocycles. The van der Waals surface area contributed by atoms with Crippen molar-refractivity contribution in [2.24, 2.45) is 5.73 Å². The molecule has 1 heterocycles. The monoisotopic (exact) mass is 312 g/mol. The van der Waals surface area contributed by atoms with Crippen molar-refractivity contribution >= 4 is 24.8 Å². The molecule has 0 saturated carbocycles. The van der Waals surface area contributed by atoms with E-state index in [1.165, 1.54) is 0 Å². The lowest BCUT2D eigenvalue weighted by Crippen LogP contribution is -2.05. The molecule has 0 atom stereocenters. The SMILES string of the molecule is Cc1nc(CCN)c(Cc2ccc(C#N)cc2)[nH]1.Cl.Cl. The number of nitrogens with one attached hydrogen (secondary N) is 1. The number of nitriles is 1. The van der Waals surface area contributed by atoms with Crippen molar-refractivity contribution in [2.45, 2.75) is 19.8 Å². The molecule has 0 fully saturated rings. The van der Waals surface area contributed by atoms with Gasteiger partial charge in [-0.05, 0) is 31.2 Å². The number of H-pyrrole nitrogens is 1. The summed E-state index contributed by atoms with van der Waals surface area (Å²) in [5.74, 6) is 0.919. The van der Waals surface area contributed by atoms with Gasteiger partial charge in [-0.15, -0.1) is 24.8 Å². The van der Waals surface area contributed by atoms with Crippen LogP contribution in [-0.2, 0) is 12.8 Å². The molecule has 0 bridgehead atoms. The molecular weight excluding hydrogens is 295 g/mol. The first kappa shape index (κ1) is 18.5. The second-order valence-electron chi connectivity index (χ2n) is 4.27. The molecular formula is C14H18Cl2N4. The number of benzene rings is 1. The van der Waals surface area contributed by atoms with Gasteiger partial charge < -0.3 is 10.7 Å². The average molecular weight is 313 g/mol. The van der Waals surface area contributed by atoms with Gasteiger partial charge in [0.25, 0.3) is 0 Å². The van der Waals surface area contributed by atoms with Gasteiger partial charge in [0.05, 0.1) is 17.3 Å². The number of rotatable bonds is 4. The van der Waals surface area contributed by atoms with Gasteiger partial charge in [0.1, 0.15) is 5.82 Å². The van der Waals surface area contributed by atoms with E-state index < -0.39 is 0 Å². The van der Waals surface area contributed by atoms with Crippen LogP contribution in [0, 0.1) is 18.3 Å². The first-order valence-corrected chi connectivity index (χ1v) is 5.96. The van der Waals surface area contributed by atoms with E-state index >= 15 is 0 Å². The summed E-state index contributed by atoms with van der Waals surface area (Å²) in [6, 6.07) is 9.73. The number of hydrogen-bond acceptors (Lipinski definition) is 3. The predicted molar refractivity (Wildman–Crippen MR) is 84.5 cm³/mol. The lowest BCUT2D eigenvalue weighted by Gasteiger charge is -2.02. The van der Waals surface area contributed by atoms with Gasteiger partial charge >= 0.3 is 0 Å². The van der Waals surface area contributed by atoms with Crippen LogP contribution in [0.3, 0.4) is 0 Å². The molecule has 0 saturated heterocycles. The van der Waals surface area contributed by atoms with Crippen LogP contribution in [0.2, 0.25) is 0 Å². The van der Waals surface area contributed by atoms with E-state index in [9.17, 15) is 0 Å². The Morgan fingerprint density at radius 3 is 2.45 bits per heavy atom. The minimum atomic E-state index is 0. The van der Waals surface area contributed by atoms with Crippen LogP contribution in [0.4, 0.5) is 0 Å². The average Bonchev–Trinajstić information content (AvgIpc) is 2.71. The fourth-order valence-electron chi connectivity index (χ4n) is 1.98. The molecule has 4 nitrogen and oxygen atoms in total. The lowest BCUT2D eigenvalue weighted by atomic mass is 10.1. The Balaban J connectivity index is 0.00000180. The van der Waals surface area contributed by atoms with E-state index in [2.05, 4.69) is 16.0 Å². The summed E-state index contributed by atoms with van der Waals surface area (Å²) < 4.78 is 0. The molecule has 0 unspecified atom stereocenters. The summed E-state index contributed by atoms with van der Waals surface area (Å²) in [6.45, 7) is 2.55. The van der Waals surface area contributed by atoms with Crippen LogP contribution < -0.4 is 5.73 Å². The van der Waals surface area contributed by atoms with Crippen LogP contribution in [0.25, 0.3) is 0 Å². The highest BCUT2D eigenvalue weighted by Crippen LogP contribution is 2.13. The molecule has 0 spiro atoms. The number of aryl methyl sites for hydroxylation is 1. The first-order chi connectivity index (χ1) is 8.72. The summed E-state index contributed by atoms with van der Waals surface area (Å²) in [5, 5.41) is 8.76. The highest BCUT2D eigenvalue weighted by atomic mass is 35.5.